The summed E-state index contributed by atoms with van der Waals surface area (Å²) in [5, 5.41) is 4.32. The number of hydrogen-bond acceptors (Lipinski definition) is 2. The molecule has 1 N–H and O–H groups in total. The topological polar surface area (TPSA) is 21.3 Å². The average molecular weight is 252 g/mol. The van der Waals surface area contributed by atoms with Crippen LogP contribution >= 0.6 is 11.6 Å². The molecule has 0 bridgehead atoms. The highest BCUT2D eigenvalue weighted by Gasteiger charge is 2.30. The van der Waals surface area contributed by atoms with Gasteiger partial charge in [0, 0.05) is 0 Å². The molecular weight excluding hydrogens is 234 g/mol. The van der Waals surface area contributed by atoms with Crippen molar-refractivity contribution in [3.05, 3.63) is 23.2 Å². The predicted molar refractivity (Wildman–Crippen MR) is 71.0 cm³/mol. The summed E-state index contributed by atoms with van der Waals surface area (Å²) >= 11 is 6.18. The van der Waals surface area contributed by atoms with Crippen molar-refractivity contribution in [2.24, 2.45) is 0 Å². The van der Waals surface area contributed by atoms with E-state index in [4.69, 9.17) is 16.3 Å². The molecule has 1 fully saturated rings. The van der Waals surface area contributed by atoms with Crippen LogP contribution in [0.3, 0.4) is 0 Å². The second-order valence-corrected chi connectivity index (χ2v) is 5.42. The van der Waals surface area contributed by atoms with Gasteiger partial charge in [0.2, 0.25) is 0 Å². The molecule has 0 saturated heterocycles. The smallest absolute Gasteiger partial charge is 0.161 e. The number of ether oxygens (including phenoxy) is 1. The van der Waals surface area contributed by atoms with Crippen LogP contribution in [-0.2, 0) is 0 Å². The molecule has 3 heteroatoms. The highest BCUT2D eigenvalue weighted by molar-refractivity contribution is 6.32. The number of anilines is 1. The molecule has 1 aromatic carbocycles. The SMILES string of the molecule is Clc1cccc2c1OC1CCCCCCC1N2. The predicted octanol–water partition coefficient (Wildman–Crippen LogP) is 4.24. The molecule has 1 saturated carbocycles. The fourth-order valence-electron chi connectivity index (χ4n) is 2.85. The van der Waals surface area contributed by atoms with E-state index in [0.717, 1.165) is 22.9 Å². The summed E-state index contributed by atoms with van der Waals surface area (Å²) in [7, 11) is 0. The normalized spacial score (nSPS) is 27.8. The van der Waals surface area contributed by atoms with E-state index in [1.165, 1.54) is 32.1 Å². The summed E-state index contributed by atoms with van der Waals surface area (Å²) in [4.78, 5) is 0. The first-order valence-corrected chi connectivity index (χ1v) is 6.94. The average Bonchev–Trinajstić information content (AvgIpc) is 2.30. The molecule has 2 unspecified atom stereocenters. The summed E-state index contributed by atoms with van der Waals surface area (Å²) in [6.45, 7) is 0. The molecule has 2 atom stereocenters. The van der Waals surface area contributed by atoms with Gasteiger partial charge in [-0.15, -0.1) is 0 Å². The lowest BCUT2D eigenvalue weighted by molar-refractivity contribution is 0.143. The molecule has 1 heterocycles. The maximum atomic E-state index is 6.18. The lowest BCUT2D eigenvalue weighted by atomic mass is 9.93. The molecule has 0 aromatic heterocycles. The van der Waals surface area contributed by atoms with Crippen molar-refractivity contribution < 1.29 is 4.74 Å². The van der Waals surface area contributed by atoms with Crippen molar-refractivity contribution in [1.29, 1.82) is 0 Å². The Kier molecular flexibility index (Phi) is 3.15. The molecule has 0 radical (unpaired) electrons. The van der Waals surface area contributed by atoms with Gasteiger partial charge in [0.15, 0.2) is 5.75 Å². The van der Waals surface area contributed by atoms with E-state index in [1.807, 2.05) is 12.1 Å². The Bertz CT molecular complexity index is 407. The van der Waals surface area contributed by atoms with Gasteiger partial charge in [-0.25, -0.2) is 0 Å². The summed E-state index contributed by atoms with van der Waals surface area (Å²) < 4.78 is 6.11. The highest BCUT2D eigenvalue weighted by atomic mass is 35.5. The van der Waals surface area contributed by atoms with Crippen molar-refractivity contribution >= 4 is 17.3 Å². The maximum absolute atomic E-state index is 6.18. The van der Waals surface area contributed by atoms with Crippen LogP contribution in [0.15, 0.2) is 18.2 Å². The number of fused-ring (bicyclic) bond motifs is 2. The molecule has 0 spiro atoms. The Labute approximate surface area is 107 Å². The van der Waals surface area contributed by atoms with Crippen LogP contribution in [0.4, 0.5) is 5.69 Å². The van der Waals surface area contributed by atoms with E-state index >= 15 is 0 Å². The first-order chi connectivity index (χ1) is 8.34. The molecule has 2 nitrogen and oxygen atoms in total. The van der Waals surface area contributed by atoms with E-state index < -0.39 is 0 Å². The van der Waals surface area contributed by atoms with Gasteiger partial charge >= 0.3 is 0 Å². The van der Waals surface area contributed by atoms with Crippen molar-refractivity contribution in [2.75, 3.05) is 5.32 Å². The molecular formula is C14H18ClNO. The van der Waals surface area contributed by atoms with E-state index in [-0.39, 0.29) is 0 Å². The number of para-hydroxylation sites is 1. The minimum absolute atomic E-state index is 0.294. The van der Waals surface area contributed by atoms with Crippen LogP contribution in [0, 0.1) is 0 Å². The van der Waals surface area contributed by atoms with Gasteiger partial charge in [0.1, 0.15) is 6.10 Å². The lowest BCUT2D eigenvalue weighted by Gasteiger charge is -2.36. The lowest BCUT2D eigenvalue weighted by Crippen LogP contribution is -2.42. The van der Waals surface area contributed by atoms with E-state index in [0.29, 0.717) is 12.1 Å². The van der Waals surface area contributed by atoms with Gasteiger partial charge in [-0.3, -0.25) is 0 Å². The zero-order valence-electron chi connectivity index (χ0n) is 9.92. The Morgan fingerprint density at radius 2 is 1.94 bits per heavy atom. The van der Waals surface area contributed by atoms with Crippen LogP contribution in [0.1, 0.15) is 38.5 Å². The number of nitrogens with one attached hydrogen (secondary N) is 1. The van der Waals surface area contributed by atoms with Crippen LogP contribution < -0.4 is 10.1 Å². The van der Waals surface area contributed by atoms with Crippen LogP contribution in [0.25, 0.3) is 0 Å². The second kappa shape index (κ2) is 4.77. The molecule has 2 aliphatic rings. The highest BCUT2D eigenvalue weighted by Crippen LogP contribution is 2.40. The quantitative estimate of drug-likeness (QED) is 0.745. The Morgan fingerprint density at radius 3 is 2.82 bits per heavy atom. The van der Waals surface area contributed by atoms with Gasteiger partial charge in [0.25, 0.3) is 0 Å². The fourth-order valence-corrected chi connectivity index (χ4v) is 3.07. The summed E-state index contributed by atoms with van der Waals surface area (Å²) in [6.07, 6.45) is 7.90. The van der Waals surface area contributed by atoms with Gasteiger partial charge in [-0.1, -0.05) is 36.9 Å². The van der Waals surface area contributed by atoms with Crippen LogP contribution in [-0.4, -0.2) is 12.1 Å². The standard InChI is InChI=1S/C14H18ClNO/c15-10-6-5-8-12-14(10)17-13-9-4-2-1-3-7-11(13)16-12/h5-6,8,11,13,16H,1-4,7,9H2. The third kappa shape index (κ3) is 2.23. The monoisotopic (exact) mass is 251 g/mol. The van der Waals surface area contributed by atoms with E-state index in [1.54, 1.807) is 0 Å². The van der Waals surface area contributed by atoms with Gasteiger partial charge in [-0.05, 0) is 31.4 Å². The molecule has 1 aliphatic carbocycles. The molecule has 1 aromatic rings. The summed E-state index contributed by atoms with van der Waals surface area (Å²) in [6, 6.07) is 6.38. The van der Waals surface area contributed by atoms with Crippen molar-refractivity contribution in [3.63, 3.8) is 0 Å². The minimum Gasteiger partial charge on any atom is -0.485 e. The zero-order valence-corrected chi connectivity index (χ0v) is 10.7. The molecule has 92 valence electrons. The Balaban J connectivity index is 1.87. The molecule has 3 rings (SSSR count). The summed E-state index contributed by atoms with van der Waals surface area (Å²) in [5.74, 6) is 0.844. The first-order valence-electron chi connectivity index (χ1n) is 6.56. The van der Waals surface area contributed by atoms with Crippen molar-refractivity contribution in [3.8, 4) is 5.75 Å². The molecule has 1 aliphatic heterocycles. The van der Waals surface area contributed by atoms with Crippen LogP contribution in [0.5, 0.6) is 5.75 Å². The summed E-state index contributed by atoms with van der Waals surface area (Å²) in [5.41, 5.74) is 1.05. The van der Waals surface area contributed by atoms with Crippen molar-refractivity contribution in [1.82, 2.24) is 0 Å². The molecule has 17 heavy (non-hydrogen) atoms. The van der Waals surface area contributed by atoms with Crippen LogP contribution in [0.2, 0.25) is 5.02 Å². The number of halogens is 1. The maximum Gasteiger partial charge on any atom is 0.161 e. The Hall–Kier alpha value is -0.890. The Morgan fingerprint density at radius 1 is 1.12 bits per heavy atom. The largest absolute Gasteiger partial charge is 0.485 e. The van der Waals surface area contributed by atoms with Gasteiger partial charge < -0.3 is 10.1 Å². The molecule has 0 amide bonds. The second-order valence-electron chi connectivity index (χ2n) is 5.02. The number of hydrogen-bond donors (Lipinski definition) is 1. The minimum atomic E-state index is 0.294. The van der Waals surface area contributed by atoms with Gasteiger partial charge in [-0.2, -0.15) is 0 Å². The van der Waals surface area contributed by atoms with Crippen molar-refractivity contribution in [2.45, 2.75) is 50.7 Å². The zero-order chi connectivity index (χ0) is 11.7. The number of rotatable bonds is 0. The van der Waals surface area contributed by atoms with E-state index in [9.17, 15) is 0 Å². The van der Waals surface area contributed by atoms with E-state index in [2.05, 4.69) is 11.4 Å². The van der Waals surface area contributed by atoms with Gasteiger partial charge in [0.05, 0.1) is 16.8 Å². The third-order valence-corrected chi connectivity index (χ3v) is 4.08. The fraction of sp³-hybridized carbons (Fsp3) is 0.571. The first kappa shape index (κ1) is 11.2. The third-order valence-electron chi connectivity index (χ3n) is 3.78. The number of benzene rings is 1.